The summed E-state index contributed by atoms with van der Waals surface area (Å²) in [5.41, 5.74) is -0.342. The van der Waals surface area contributed by atoms with Crippen molar-refractivity contribution in [3.63, 3.8) is 0 Å². The number of alkyl halides is 3. The van der Waals surface area contributed by atoms with Crippen LogP contribution < -0.4 is 10.6 Å². The summed E-state index contributed by atoms with van der Waals surface area (Å²) in [7, 11) is 0. The first-order valence-electron chi connectivity index (χ1n) is 8.15. The van der Waals surface area contributed by atoms with Crippen molar-refractivity contribution in [2.45, 2.75) is 31.5 Å². The number of ether oxygens (including phenoxy) is 1. The Bertz CT molecular complexity index is 737. The SMILES string of the molecule is O=C(NCC1CC2(CCNCC2)C(=O)O1)c1sncc1Br.O=C(O)C(F)(F)F. The van der Waals surface area contributed by atoms with E-state index in [-0.39, 0.29) is 23.4 Å². The van der Waals surface area contributed by atoms with Gasteiger partial charge in [-0.1, -0.05) is 0 Å². The number of carbonyl (C=O) groups is 3. The molecule has 13 heteroatoms. The van der Waals surface area contributed by atoms with Crippen LogP contribution in [-0.2, 0) is 14.3 Å². The van der Waals surface area contributed by atoms with E-state index in [1.807, 2.05) is 0 Å². The van der Waals surface area contributed by atoms with Crippen LogP contribution in [0, 0.1) is 5.41 Å². The molecule has 8 nitrogen and oxygen atoms in total. The molecule has 2 fully saturated rings. The van der Waals surface area contributed by atoms with Gasteiger partial charge in [0.15, 0.2) is 0 Å². The van der Waals surface area contributed by atoms with Crippen molar-refractivity contribution < 1.29 is 37.4 Å². The highest BCUT2D eigenvalue weighted by atomic mass is 79.9. The summed E-state index contributed by atoms with van der Waals surface area (Å²) in [6, 6.07) is 0. The Morgan fingerprint density at radius 1 is 1.43 bits per heavy atom. The minimum atomic E-state index is -5.08. The third-order valence-electron chi connectivity index (χ3n) is 4.35. The van der Waals surface area contributed by atoms with E-state index in [9.17, 15) is 22.8 Å². The topological polar surface area (TPSA) is 118 Å². The highest BCUT2D eigenvalue weighted by Gasteiger charge is 2.49. The molecule has 1 aromatic rings. The van der Waals surface area contributed by atoms with Gasteiger partial charge in [-0.25, -0.2) is 4.79 Å². The Labute approximate surface area is 170 Å². The van der Waals surface area contributed by atoms with E-state index in [1.54, 1.807) is 6.20 Å². The molecule has 1 atom stereocenters. The molecule has 1 amide bonds. The number of hydrogen-bond donors (Lipinski definition) is 3. The molecule has 3 heterocycles. The molecule has 0 aromatic carbocycles. The van der Waals surface area contributed by atoms with Crippen molar-refractivity contribution >= 4 is 45.3 Å². The Morgan fingerprint density at radius 3 is 2.54 bits per heavy atom. The number of carboxylic acid groups (broad SMARTS) is 1. The fourth-order valence-electron chi connectivity index (χ4n) is 2.93. The zero-order valence-corrected chi connectivity index (χ0v) is 16.7. The van der Waals surface area contributed by atoms with Crippen molar-refractivity contribution in [2.24, 2.45) is 5.41 Å². The van der Waals surface area contributed by atoms with Gasteiger partial charge in [-0.05, 0) is 53.4 Å². The highest BCUT2D eigenvalue weighted by molar-refractivity contribution is 9.10. The molecule has 28 heavy (non-hydrogen) atoms. The average molecular weight is 488 g/mol. The van der Waals surface area contributed by atoms with E-state index in [0.29, 0.717) is 22.3 Å². The molecule has 0 aliphatic carbocycles. The van der Waals surface area contributed by atoms with E-state index in [2.05, 4.69) is 30.9 Å². The van der Waals surface area contributed by atoms with Crippen LogP contribution in [0.4, 0.5) is 13.2 Å². The van der Waals surface area contributed by atoms with Crippen LogP contribution in [0.25, 0.3) is 0 Å². The van der Waals surface area contributed by atoms with E-state index >= 15 is 0 Å². The smallest absolute Gasteiger partial charge is 0.475 e. The van der Waals surface area contributed by atoms with Gasteiger partial charge in [-0.3, -0.25) is 9.59 Å². The number of aliphatic carboxylic acids is 1. The van der Waals surface area contributed by atoms with Gasteiger partial charge >= 0.3 is 18.1 Å². The zero-order chi connectivity index (χ0) is 20.9. The first kappa shape index (κ1) is 22.6. The predicted molar refractivity (Wildman–Crippen MR) is 94.9 cm³/mol. The summed E-state index contributed by atoms with van der Waals surface area (Å²) >= 11 is 4.42. The molecule has 2 aliphatic heterocycles. The fourth-order valence-corrected chi connectivity index (χ4v) is 4.12. The van der Waals surface area contributed by atoms with E-state index in [0.717, 1.165) is 37.5 Å². The fraction of sp³-hybridized carbons (Fsp3) is 0.600. The van der Waals surface area contributed by atoms with Crippen LogP contribution in [-0.4, -0.2) is 59.2 Å². The lowest BCUT2D eigenvalue weighted by Gasteiger charge is -2.29. The van der Waals surface area contributed by atoms with Gasteiger partial charge in [0.2, 0.25) is 0 Å². The Morgan fingerprint density at radius 2 is 2.04 bits per heavy atom. The first-order valence-corrected chi connectivity index (χ1v) is 9.72. The minimum absolute atomic E-state index is 0.109. The molecule has 1 unspecified atom stereocenters. The van der Waals surface area contributed by atoms with Crippen molar-refractivity contribution in [3.8, 4) is 0 Å². The third-order valence-corrected chi connectivity index (χ3v) is 6.01. The van der Waals surface area contributed by atoms with E-state index < -0.39 is 12.1 Å². The number of cyclic esters (lactones) is 1. The highest BCUT2D eigenvalue weighted by Crippen LogP contribution is 2.41. The number of nitrogens with one attached hydrogen (secondary N) is 2. The van der Waals surface area contributed by atoms with Crippen molar-refractivity contribution in [2.75, 3.05) is 19.6 Å². The van der Waals surface area contributed by atoms with Gasteiger partial charge in [0.25, 0.3) is 5.91 Å². The van der Waals surface area contributed by atoms with Crippen LogP contribution in [0.5, 0.6) is 0 Å². The standard InChI is InChI=1S/C13H16BrN3O3S.C2HF3O2/c14-9-7-17-21-10(9)11(18)16-6-8-5-13(12(19)20-8)1-3-15-4-2-13;3-2(4,5)1(6)7/h7-8,15H,1-6H2,(H,16,18);(H,6,7). The number of halogens is 4. The number of hydrogen-bond acceptors (Lipinski definition) is 7. The van der Waals surface area contributed by atoms with Crippen LogP contribution >= 0.6 is 27.5 Å². The summed E-state index contributed by atoms with van der Waals surface area (Å²) in [6.45, 7) is 2.05. The number of nitrogens with zero attached hydrogens (tertiary/aromatic N) is 1. The molecule has 2 aliphatic rings. The summed E-state index contributed by atoms with van der Waals surface area (Å²) in [4.78, 5) is 33.6. The zero-order valence-electron chi connectivity index (χ0n) is 14.3. The number of piperidine rings is 1. The Kier molecular flexibility index (Phi) is 7.39. The number of carboxylic acids is 1. The second kappa shape index (κ2) is 9.18. The molecule has 0 bridgehead atoms. The van der Waals surface area contributed by atoms with Crippen LogP contribution in [0.2, 0.25) is 0 Å². The molecular weight excluding hydrogens is 471 g/mol. The van der Waals surface area contributed by atoms with Gasteiger partial charge in [-0.15, -0.1) is 0 Å². The lowest BCUT2D eigenvalue weighted by Crippen LogP contribution is -2.39. The number of aromatic nitrogens is 1. The quantitative estimate of drug-likeness (QED) is 0.557. The molecule has 3 rings (SSSR count). The van der Waals surface area contributed by atoms with Crippen molar-refractivity contribution in [1.29, 1.82) is 0 Å². The maximum atomic E-state index is 12.1. The normalized spacial score (nSPS) is 20.9. The Balaban J connectivity index is 0.000000345. The summed E-state index contributed by atoms with van der Waals surface area (Å²) in [6.07, 6.45) is -1.39. The van der Waals surface area contributed by atoms with E-state index in [1.165, 1.54) is 0 Å². The maximum absolute atomic E-state index is 12.1. The summed E-state index contributed by atoms with van der Waals surface area (Å²) in [5.74, 6) is -3.05. The molecule has 3 N–H and O–H groups in total. The van der Waals surface area contributed by atoms with Gasteiger partial charge < -0.3 is 20.5 Å². The summed E-state index contributed by atoms with van der Waals surface area (Å²) in [5, 5.41) is 13.2. The minimum Gasteiger partial charge on any atom is -0.475 e. The molecule has 0 saturated carbocycles. The second-order valence-corrected chi connectivity index (χ2v) is 7.93. The van der Waals surface area contributed by atoms with Crippen LogP contribution in [0.3, 0.4) is 0 Å². The number of rotatable bonds is 3. The third kappa shape index (κ3) is 5.64. The molecule has 1 aromatic heterocycles. The number of carbonyl (C=O) groups excluding carboxylic acids is 2. The van der Waals surface area contributed by atoms with Crippen molar-refractivity contribution in [3.05, 3.63) is 15.5 Å². The van der Waals surface area contributed by atoms with Crippen LogP contribution in [0.1, 0.15) is 28.9 Å². The van der Waals surface area contributed by atoms with Gasteiger partial charge in [0, 0.05) is 6.42 Å². The Hall–Kier alpha value is -1.73. The average Bonchev–Trinajstić information content (AvgIpc) is 3.17. The molecule has 1 spiro atoms. The van der Waals surface area contributed by atoms with Gasteiger partial charge in [0.05, 0.1) is 22.6 Å². The summed E-state index contributed by atoms with van der Waals surface area (Å²) < 4.78 is 41.8. The molecular formula is C15H17BrF3N3O5S. The monoisotopic (exact) mass is 487 g/mol. The largest absolute Gasteiger partial charge is 0.490 e. The predicted octanol–water partition coefficient (Wildman–Crippen LogP) is 1.95. The lowest BCUT2D eigenvalue weighted by atomic mass is 9.76. The van der Waals surface area contributed by atoms with Gasteiger partial charge in [-0.2, -0.15) is 17.5 Å². The van der Waals surface area contributed by atoms with Gasteiger partial charge in [0.1, 0.15) is 11.0 Å². The second-order valence-electron chi connectivity index (χ2n) is 6.28. The van der Waals surface area contributed by atoms with E-state index in [4.69, 9.17) is 14.6 Å². The number of amides is 1. The molecule has 156 valence electrons. The molecule has 0 radical (unpaired) electrons. The van der Waals surface area contributed by atoms with Crippen LogP contribution in [0.15, 0.2) is 10.7 Å². The lowest BCUT2D eigenvalue weighted by molar-refractivity contribution is -0.192. The number of esters is 1. The maximum Gasteiger partial charge on any atom is 0.490 e. The first-order chi connectivity index (χ1) is 13.0. The molecule has 2 saturated heterocycles. The van der Waals surface area contributed by atoms with Crippen molar-refractivity contribution in [1.82, 2.24) is 15.0 Å².